The second kappa shape index (κ2) is 7.12. The summed E-state index contributed by atoms with van der Waals surface area (Å²) >= 11 is 0. The highest BCUT2D eigenvalue weighted by molar-refractivity contribution is 6.76. The van der Waals surface area contributed by atoms with E-state index in [9.17, 15) is 4.79 Å². The highest BCUT2D eigenvalue weighted by Gasteiger charge is 2.52. The van der Waals surface area contributed by atoms with Crippen LogP contribution in [0.15, 0.2) is 17.2 Å². The van der Waals surface area contributed by atoms with Crippen LogP contribution in [0.3, 0.4) is 0 Å². The zero-order chi connectivity index (χ0) is 20.9. The van der Waals surface area contributed by atoms with Crippen molar-refractivity contribution in [1.29, 1.82) is 0 Å². The molecular weight excluding hydrogens is 373 g/mol. The van der Waals surface area contributed by atoms with E-state index in [-0.39, 0.29) is 12.3 Å². The van der Waals surface area contributed by atoms with Crippen molar-refractivity contribution in [3.63, 3.8) is 0 Å². The first kappa shape index (κ1) is 21.3. The van der Waals surface area contributed by atoms with Gasteiger partial charge in [-0.05, 0) is 33.7 Å². The number of pyridine rings is 1. The lowest BCUT2D eigenvalue weighted by Gasteiger charge is -2.32. The van der Waals surface area contributed by atoms with E-state index in [0.29, 0.717) is 12.1 Å². The summed E-state index contributed by atoms with van der Waals surface area (Å²) in [5, 5.41) is 5.16. The lowest BCUT2D eigenvalue weighted by Crippen LogP contribution is -2.41. The minimum absolute atomic E-state index is 0.110. The van der Waals surface area contributed by atoms with E-state index in [1.807, 2.05) is 27.7 Å². The molecule has 2 aromatic rings. The number of aromatic nitrogens is 3. The molecule has 3 heterocycles. The minimum Gasteiger partial charge on any atom is -0.399 e. The zero-order valence-corrected chi connectivity index (χ0v) is 19.3. The van der Waals surface area contributed by atoms with Crippen molar-refractivity contribution in [2.75, 3.05) is 6.61 Å². The molecule has 0 unspecified atom stereocenters. The molecule has 3 rings (SSSR count). The van der Waals surface area contributed by atoms with Crippen molar-refractivity contribution >= 4 is 31.6 Å². The maximum Gasteiger partial charge on any atom is 0.497 e. The molecule has 2 aromatic heterocycles. The Balaban J connectivity index is 1.92. The summed E-state index contributed by atoms with van der Waals surface area (Å²) in [7, 11) is 0.0243. The Morgan fingerprint density at radius 1 is 1.18 bits per heavy atom. The Bertz CT molecular complexity index is 914. The fourth-order valence-electron chi connectivity index (χ4n) is 3.11. The van der Waals surface area contributed by atoms with E-state index in [4.69, 9.17) is 14.0 Å². The molecule has 28 heavy (non-hydrogen) atoms. The number of hydrogen-bond acceptors (Lipinski definition) is 5. The Morgan fingerprint density at radius 2 is 1.79 bits per heavy atom. The molecule has 154 valence electrons. The first-order valence-electron chi connectivity index (χ1n) is 9.81. The Kier molecular flexibility index (Phi) is 5.42. The smallest absolute Gasteiger partial charge is 0.399 e. The van der Waals surface area contributed by atoms with Crippen LogP contribution in [0.5, 0.6) is 0 Å². The van der Waals surface area contributed by atoms with Crippen LogP contribution in [-0.2, 0) is 27.8 Å². The fraction of sp³-hybridized carbons (Fsp3) is 0.684. The molecule has 1 aliphatic heterocycles. The monoisotopic (exact) mass is 405 g/mol. The minimum atomic E-state index is -1.16. The third-order valence-corrected chi connectivity index (χ3v) is 7.43. The normalized spacial score (nSPS) is 18.9. The van der Waals surface area contributed by atoms with Gasteiger partial charge in [-0.2, -0.15) is 5.10 Å². The molecule has 0 saturated carbocycles. The predicted molar refractivity (Wildman–Crippen MR) is 115 cm³/mol. The number of fused-ring (bicyclic) bond motifs is 1. The standard InChI is InChI=1S/C19H32BN3O4Si/c1-18(2)19(3,4)27-20(26-18)15-12-22(5)17(24)16-14(15)11-21-23(16)13-25-9-10-28(6,7)8/h11-12H,9-10,13H2,1-8H3. The molecule has 0 radical (unpaired) electrons. The van der Waals surface area contributed by atoms with Crippen LogP contribution in [0, 0.1) is 0 Å². The van der Waals surface area contributed by atoms with Crippen LogP contribution < -0.4 is 11.0 Å². The molecular formula is C19H32BN3O4Si. The zero-order valence-electron chi connectivity index (χ0n) is 18.3. The predicted octanol–water partition coefficient (Wildman–Crippen LogP) is 2.35. The van der Waals surface area contributed by atoms with Gasteiger partial charge in [-0.15, -0.1) is 0 Å². The average molecular weight is 405 g/mol. The second-order valence-electron chi connectivity index (χ2n) is 9.84. The molecule has 0 bridgehead atoms. The first-order valence-corrected chi connectivity index (χ1v) is 13.5. The summed E-state index contributed by atoms with van der Waals surface area (Å²) in [6, 6.07) is 1.07. The lowest BCUT2D eigenvalue weighted by molar-refractivity contribution is 0.00578. The molecule has 1 aliphatic rings. The van der Waals surface area contributed by atoms with Gasteiger partial charge in [0.05, 0.1) is 17.4 Å². The topological polar surface area (TPSA) is 67.5 Å². The lowest BCUT2D eigenvalue weighted by atomic mass is 9.78. The largest absolute Gasteiger partial charge is 0.497 e. The fourth-order valence-corrected chi connectivity index (χ4v) is 3.87. The molecule has 0 aliphatic carbocycles. The molecule has 1 fully saturated rings. The molecule has 0 N–H and O–H groups in total. The summed E-state index contributed by atoms with van der Waals surface area (Å²) in [6.07, 6.45) is 3.49. The average Bonchev–Trinajstić information content (AvgIpc) is 3.05. The molecule has 0 spiro atoms. The van der Waals surface area contributed by atoms with E-state index in [2.05, 4.69) is 24.7 Å². The van der Waals surface area contributed by atoms with Gasteiger partial charge in [0.15, 0.2) is 0 Å². The summed E-state index contributed by atoms with van der Waals surface area (Å²) in [5.41, 5.74) is 0.317. The molecule has 9 heteroatoms. The van der Waals surface area contributed by atoms with Crippen molar-refractivity contribution in [3.05, 3.63) is 22.7 Å². The molecule has 7 nitrogen and oxygen atoms in total. The van der Waals surface area contributed by atoms with Crippen LogP contribution in [0.2, 0.25) is 25.7 Å². The number of ether oxygens (including phenoxy) is 1. The summed E-state index contributed by atoms with van der Waals surface area (Å²) in [4.78, 5) is 12.8. The molecule has 0 atom stereocenters. The molecule has 0 aromatic carbocycles. The highest BCUT2D eigenvalue weighted by Crippen LogP contribution is 2.36. The summed E-state index contributed by atoms with van der Waals surface area (Å²) < 4.78 is 21.4. The van der Waals surface area contributed by atoms with Crippen LogP contribution >= 0.6 is 0 Å². The van der Waals surface area contributed by atoms with E-state index in [0.717, 1.165) is 16.9 Å². The summed E-state index contributed by atoms with van der Waals surface area (Å²) in [5.74, 6) is 0. The van der Waals surface area contributed by atoms with E-state index in [1.165, 1.54) is 0 Å². The van der Waals surface area contributed by atoms with Crippen LogP contribution in [-0.4, -0.2) is 47.3 Å². The van der Waals surface area contributed by atoms with Crippen LogP contribution in [0.1, 0.15) is 27.7 Å². The second-order valence-corrected chi connectivity index (χ2v) is 15.5. The van der Waals surface area contributed by atoms with Crippen molar-refractivity contribution < 1.29 is 14.0 Å². The van der Waals surface area contributed by atoms with Gasteiger partial charge in [-0.1, -0.05) is 19.6 Å². The van der Waals surface area contributed by atoms with E-state index >= 15 is 0 Å². The van der Waals surface area contributed by atoms with Gasteiger partial charge in [-0.3, -0.25) is 4.79 Å². The highest BCUT2D eigenvalue weighted by atomic mass is 28.3. The van der Waals surface area contributed by atoms with Crippen molar-refractivity contribution in [2.24, 2.45) is 7.05 Å². The molecule has 0 amide bonds. The Labute approximate surface area is 168 Å². The van der Waals surface area contributed by atoms with Crippen molar-refractivity contribution in [2.45, 2.75) is 71.3 Å². The maximum atomic E-state index is 12.8. The van der Waals surface area contributed by atoms with E-state index < -0.39 is 26.4 Å². The van der Waals surface area contributed by atoms with E-state index in [1.54, 1.807) is 28.7 Å². The van der Waals surface area contributed by atoms with Gasteiger partial charge in [0.25, 0.3) is 5.56 Å². The van der Waals surface area contributed by atoms with Gasteiger partial charge >= 0.3 is 7.12 Å². The number of hydrogen-bond donors (Lipinski definition) is 0. The number of rotatable bonds is 6. The van der Waals surface area contributed by atoms with Gasteiger partial charge in [0.1, 0.15) is 12.2 Å². The quantitative estimate of drug-likeness (QED) is 0.545. The SMILES string of the molecule is Cn1cc(B2OC(C)(C)C(C)(C)O2)c2cnn(COCC[Si](C)(C)C)c2c1=O. The van der Waals surface area contributed by atoms with Gasteiger partial charge in [0, 0.05) is 38.8 Å². The Morgan fingerprint density at radius 3 is 2.36 bits per heavy atom. The van der Waals surface area contributed by atoms with Gasteiger partial charge in [0.2, 0.25) is 0 Å². The number of aryl methyl sites for hydroxylation is 1. The summed E-state index contributed by atoms with van der Waals surface area (Å²) in [6.45, 7) is 15.9. The van der Waals surface area contributed by atoms with Gasteiger partial charge < -0.3 is 18.6 Å². The van der Waals surface area contributed by atoms with Crippen molar-refractivity contribution in [3.8, 4) is 0 Å². The van der Waals surface area contributed by atoms with Crippen LogP contribution in [0.25, 0.3) is 10.9 Å². The Hall–Kier alpha value is -1.42. The third kappa shape index (κ3) is 3.98. The molecule has 1 saturated heterocycles. The van der Waals surface area contributed by atoms with Crippen molar-refractivity contribution in [1.82, 2.24) is 14.3 Å². The maximum absolute atomic E-state index is 12.8. The van der Waals surface area contributed by atoms with Crippen LogP contribution in [0.4, 0.5) is 0 Å². The van der Waals surface area contributed by atoms with Gasteiger partial charge in [-0.25, -0.2) is 4.68 Å². The first-order chi connectivity index (χ1) is 12.8. The number of nitrogens with zero attached hydrogens (tertiary/aromatic N) is 3. The third-order valence-electron chi connectivity index (χ3n) is 5.72.